The van der Waals surface area contributed by atoms with E-state index >= 15 is 0 Å². The van der Waals surface area contributed by atoms with Crippen LogP contribution in [-0.4, -0.2) is 36.1 Å². The number of piperazine rings is 1. The van der Waals surface area contributed by atoms with Crippen LogP contribution in [-0.2, 0) is 0 Å². The number of halogens is 1. The predicted molar refractivity (Wildman–Crippen MR) is 69.4 cm³/mol. The van der Waals surface area contributed by atoms with Gasteiger partial charge in [-0.05, 0) is 28.1 Å². The number of nitrogens with one attached hydrogen (secondary N) is 1. The Morgan fingerprint density at radius 1 is 1.47 bits per heavy atom. The fraction of sp³-hybridized carbons (Fsp3) is 0.500. The number of hydrogen-bond donors (Lipinski definition) is 1. The van der Waals surface area contributed by atoms with Gasteiger partial charge in [0, 0.05) is 36.8 Å². The van der Waals surface area contributed by atoms with Crippen LogP contribution in [0.3, 0.4) is 0 Å². The third-order valence-electron chi connectivity index (χ3n) is 2.97. The average Bonchev–Trinajstić information content (AvgIpc) is 2.38. The first-order chi connectivity index (χ1) is 8.31. The summed E-state index contributed by atoms with van der Waals surface area (Å²) in [7, 11) is 0. The minimum atomic E-state index is 0.121. The van der Waals surface area contributed by atoms with E-state index in [-0.39, 0.29) is 6.04 Å². The van der Waals surface area contributed by atoms with Crippen molar-refractivity contribution in [2.24, 2.45) is 0 Å². The Morgan fingerprint density at radius 3 is 2.82 bits per heavy atom. The maximum Gasteiger partial charge on any atom is 0.0652 e. The Labute approximate surface area is 110 Å². The lowest BCUT2D eigenvalue weighted by molar-refractivity contribution is 0.172. The summed E-state index contributed by atoms with van der Waals surface area (Å²) in [5.74, 6) is 0. The fourth-order valence-electron chi connectivity index (χ4n) is 2.09. The molecule has 0 unspecified atom stereocenters. The van der Waals surface area contributed by atoms with Gasteiger partial charge in [-0.3, -0.25) is 9.88 Å². The molecule has 1 saturated heterocycles. The summed E-state index contributed by atoms with van der Waals surface area (Å²) in [6, 6.07) is 6.36. The fourth-order valence-corrected chi connectivity index (χ4v) is 2.32. The molecule has 1 aliphatic heterocycles. The summed E-state index contributed by atoms with van der Waals surface area (Å²) in [5, 5.41) is 12.3. The highest BCUT2D eigenvalue weighted by Crippen LogP contribution is 2.23. The van der Waals surface area contributed by atoms with Crippen molar-refractivity contribution >= 4 is 15.9 Å². The van der Waals surface area contributed by atoms with Crippen LogP contribution in [0.2, 0.25) is 0 Å². The summed E-state index contributed by atoms with van der Waals surface area (Å²) in [6.07, 6.45) is 2.29. The normalized spacial score (nSPS) is 18.6. The first-order valence-electron chi connectivity index (χ1n) is 5.74. The maximum atomic E-state index is 8.95. The highest BCUT2D eigenvalue weighted by molar-refractivity contribution is 9.10. The lowest BCUT2D eigenvalue weighted by Gasteiger charge is -2.33. The van der Waals surface area contributed by atoms with Crippen molar-refractivity contribution in [2.75, 3.05) is 26.2 Å². The van der Waals surface area contributed by atoms with Gasteiger partial charge >= 0.3 is 0 Å². The van der Waals surface area contributed by atoms with E-state index in [2.05, 4.69) is 37.2 Å². The second kappa shape index (κ2) is 6.10. The van der Waals surface area contributed by atoms with Crippen LogP contribution in [0, 0.1) is 11.3 Å². The minimum Gasteiger partial charge on any atom is -0.314 e. The summed E-state index contributed by atoms with van der Waals surface area (Å²) in [5.41, 5.74) is 0.983. The molecule has 0 radical (unpaired) electrons. The average molecular weight is 295 g/mol. The van der Waals surface area contributed by atoms with E-state index in [9.17, 15) is 0 Å². The molecule has 0 bridgehead atoms. The maximum absolute atomic E-state index is 8.95. The van der Waals surface area contributed by atoms with E-state index in [0.29, 0.717) is 6.42 Å². The van der Waals surface area contributed by atoms with Crippen molar-refractivity contribution < 1.29 is 0 Å². The molecular weight excluding hydrogens is 280 g/mol. The SMILES string of the molecule is N#CC[C@H](c1ccc(Br)cn1)N1CCNCC1. The van der Waals surface area contributed by atoms with E-state index in [1.165, 1.54) is 0 Å². The second-order valence-electron chi connectivity index (χ2n) is 4.07. The van der Waals surface area contributed by atoms with Gasteiger partial charge in [-0.25, -0.2) is 0 Å². The van der Waals surface area contributed by atoms with Crippen molar-refractivity contribution in [2.45, 2.75) is 12.5 Å². The number of rotatable bonds is 3. The van der Waals surface area contributed by atoms with E-state index in [1.54, 1.807) is 6.20 Å². The van der Waals surface area contributed by atoms with Crippen molar-refractivity contribution in [1.82, 2.24) is 15.2 Å². The zero-order chi connectivity index (χ0) is 12.1. The molecule has 1 aromatic heterocycles. The lowest BCUT2D eigenvalue weighted by atomic mass is 10.1. The molecular formula is C12H15BrN4. The zero-order valence-corrected chi connectivity index (χ0v) is 11.2. The standard InChI is InChI=1S/C12H15BrN4/c13-10-1-2-11(16-9-10)12(3-4-14)17-7-5-15-6-8-17/h1-2,9,12,15H,3,5-8H2/t12-/m1/s1. The van der Waals surface area contributed by atoms with Crippen molar-refractivity contribution in [3.05, 3.63) is 28.5 Å². The predicted octanol–water partition coefficient (Wildman–Crippen LogP) is 1.70. The third kappa shape index (κ3) is 3.25. The Kier molecular flexibility index (Phi) is 4.49. The molecule has 0 aliphatic carbocycles. The molecule has 90 valence electrons. The van der Waals surface area contributed by atoms with Crippen LogP contribution >= 0.6 is 15.9 Å². The lowest BCUT2D eigenvalue weighted by Crippen LogP contribution is -2.45. The number of nitrogens with zero attached hydrogens (tertiary/aromatic N) is 3. The quantitative estimate of drug-likeness (QED) is 0.922. The van der Waals surface area contributed by atoms with Crippen molar-refractivity contribution in [3.8, 4) is 6.07 Å². The van der Waals surface area contributed by atoms with Crippen molar-refractivity contribution in [3.63, 3.8) is 0 Å². The van der Waals surface area contributed by atoms with E-state index in [0.717, 1.165) is 36.3 Å². The first kappa shape index (κ1) is 12.5. The van der Waals surface area contributed by atoms with Crippen LogP contribution < -0.4 is 5.32 Å². The Bertz CT molecular complexity index is 392. The van der Waals surface area contributed by atoms with Gasteiger partial charge in [0.2, 0.25) is 0 Å². The Morgan fingerprint density at radius 2 is 2.24 bits per heavy atom. The highest BCUT2D eigenvalue weighted by atomic mass is 79.9. The molecule has 2 heterocycles. The first-order valence-corrected chi connectivity index (χ1v) is 6.53. The van der Waals surface area contributed by atoms with Crippen LogP contribution in [0.15, 0.2) is 22.8 Å². The molecule has 17 heavy (non-hydrogen) atoms. The summed E-state index contributed by atoms with van der Waals surface area (Å²) < 4.78 is 0.970. The van der Waals surface area contributed by atoms with Gasteiger partial charge in [-0.1, -0.05) is 0 Å². The minimum absolute atomic E-state index is 0.121. The molecule has 1 atom stereocenters. The van der Waals surface area contributed by atoms with E-state index in [1.807, 2.05) is 12.1 Å². The number of nitriles is 1. The van der Waals surface area contributed by atoms with Crippen molar-refractivity contribution in [1.29, 1.82) is 5.26 Å². The molecule has 1 aliphatic rings. The number of hydrogen-bond acceptors (Lipinski definition) is 4. The summed E-state index contributed by atoms with van der Waals surface area (Å²) >= 11 is 3.38. The molecule has 2 rings (SSSR count). The van der Waals surface area contributed by atoms with Gasteiger partial charge in [0.05, 0.1) is 24.2 Å². The topological polar surface area (TPSA) is 52.0 Å². The zero-order valence-electron chi connectivity index (χ0n) is 9.56. The summed E-state index contributed by atoms with van der Waals surface area (Å²) in [6.45, 7) is 3.92. The van der Waals surface area contributed by atoms with Gasteiger partial charge < -0.3 is 5.32 Å². The molecule has 4 nitrogen and oxygen atoms in total. The van der Waals surface area contributed by atoms with Gasteiger partial charge in [0.1, 0.15) is 0 Å². The van der Waals surface area contributed by atoms with Crippen LogP contribution in [0.1, 0.15) is 18.2 Å². The van der Waals surface area contributed by atoms with E-state index in [4.69, 9.17) is 5.26 Å². The monoisotopic (exact) mass is 294 g/mol. The van der Waals surface area contributed by atoms with Gasteiger partial charge in [-0.2, -0.15) is 5.26 Å². The molecule has 1 N–H and O–H groups in total. The van der Waals surface area contributed by atoms with Gasteiger partial charge in [-0.15, -0.1) is 0 Å². The van der Waals surface area contributed by atoms with Crippen LogP contribution in [0.5, 0.6) is 0 Å². The molecule has 0 saturated carbocycles. The Hall–Kier alpha value is -0.960. The number of aromatic nitrogens is 1. The molecule has 5 heteroatoms. The van der Waals surface area contributed by atoms with Gasteiger partial charge in [0.15, 0.2) is 0 Å². The smallest absolute Gasteiger partial charge is 0.0652 e. The molecule has 1 fully saturated rings. The Balaban J connectivity index is 2.15. The van der Waals surface area contributed by atoms with Gasteiger partial charge in [0.25, 0.3) is 0 Å². The highest BCUT2D eigenvalue weighted by Gasteiger charge is 2.22. The number of pyridine rings is 1. The van der Waals surface area contributed by atoms with Crippen LogP contribution in [0.25, 0.3) is 0 Å². The summed E-state index contributed by atoms with van der Waals surface area (Å²) in [4.78, 5) is 6.74. The van der Waals surface area contributed by atoms with Crippen LogP contribution in [0.4, 0.5) is 0 Å². The molecule has 0 amide bonds. The van der Waals surface area contributed by atoms with E-state index < -0.39 is 0 Å². The molecule has 0 aromatic carbocycles. The molecule has 1 aromatic rings. The largest absolute Gasteiger partial charge is 0.314 e. The second-order valence-corrected chi connectivity index (χ2v) is 4.98. The third-order valence-corrected chi connectivity index (χ3v) is 3.44. The molecule has 0 spiro atoms.